The van der Waals surface area contributed by atoms with E-state index in [2.05, 4.69) is 98.9 Å². The van der Waals surface area contributed by atoms with Crippen molar-refractivity contribution in [3.05, 3.63) is 85.1 Å². The smallest absolute Gasteiger partial charge is 0.361 e. The Labute approximate surface area is 570 Å². The Kier molecular flexibility index (Phi) is 70.5. The number of ether oxygens (including phenoxy) is 4. The minimum atomic E-state index is -1.52. The summed E-state index contributed by atoms with van der Waals surface area (Å²) in [4.78, 5) is 37.7. The zero-order valence-corrected chi connectivity index (χ0v) is 61.2. The van der Waals surface area contributed by atoms with Gasteiger partial charge in [-0.05, 0) is 70.6 Å². The third-order valence-electron chi connectivity index (χ3n) is 17.4. The monoisotopic (exact) mass is 1290 g/mol. The van der Waals surface area contributed by atoms with Gasteiger partial charge >= 0.3 is 17.9 Å². The van der Waals surface area contributed by atoms with Crippen LogP contribution in [0.25, 0.3) is 0 Å². The summed E-state index contributed by atoms with van der Waals surface area (Å²) in [5, 5.41) is 9.76. The Morgan fingerprint density at radius 3 is 0.924 bits per heavy atom. The highest BCUT2D eigenvalue weighted by Crippen LogP contribution is 2.19. The molecule has 0 aliphatic heterocycles. The van der Waals surface area contributed by atoms with E-state index in [9.17, 15) is 19.5 Å². The molecule has 2 unspecified atom stereocenters. The Hall–Kier alpha value is -3.53. The SMILES string of the molecule is CC/C=C\C/C=C\C/C=C\C/C=C\C/C=C\C/C=C\C/C=C\CCCCCCCCCC(=O)OC(COC(=O)CCCCCCCCCCCCCCCCCCCCCCCCCCCCCCCCCCCCCCCC)COC(OCC[N+](C)(C)C)C(=O)O. The molecular weight excluding hydrogens is 1140 g/mol. The summed E-state index contributed by atoms with van der Waals surface area (Å²) in [5.41, 5.74) is 0. The lowest BCUT2D eigenvalue weighted by molar-refractivity contribution is -0.870. The zero-order valence-electron chi connectivity index (χ0n) is 61.2. The highest BCUT2D eigenvalue weighted by atomic mass is 16.7. The number of hydrogen-bond donors (Lipinski definition) is 1. The number of carboxylic acids is 1. The lowest BCUT2D eigenvalue weighted by atomic mass is 10.0. The minimum absolute atomic E-state index is 0.183. The van der Waals surface area contributed by atoms with Crippen molar-refractivity contribution in [2.75, 3.05) is 47.5 Å². The van der Waals surface area contributed by atoms with Crippen LogP contribution in [0, 0.1) is 0 Å². The molecule has 0 aliphatic carbocycles. The van der Waals surface area contributed by atoms with Gasteiger partial charge in [-0.3, -0.25) is 9.59 Å². The first-order valence-electron chi connectivity index (χ1n) is 39.3. The lowest BCUT2D eigenvalue weighted by Crippen LogP contribution is -2.40. The van der Waals surface area contributed by atoms with E-state index in [-0.39, 0.29) is 32.2 Å². The summed E-state index contributed by atoms with van der Waals surface area (Å²) in [6.45, 7) is 4.80. The second-order valence-electron chi connectivity index (χ2n) is 27.7. The number of carbonyl (C=O) groups excluding carboxylic acids is 2. The van der Waals surface area contributed by atoms with E-state index in [1.807, 2.05) is 21.1 Å². The average Bonchev–Trinajstić information content (AvgIpc) is 3.75. The molecule has 0 fully saturated rings. The molecule has 0 aromatic rings. The molecule has 0 saturated heterocycles. The number of hydrogen-bond acceptors (Lipinski definition) is 7. The van der Waals surface area contributed by atoms with E-state index >= 15 is 0 Å². The molecular formula is C83H150NO8+. The molecule has 0 rings (SSSR count). The van der Waals surface area contributed by atoms with E-state index in [1.54, 1.807) is 0 Å². The number of carbonyl (C=O) groups is 3. The standard InChI is InChI=1S/C83H149NO8/c1-6-8-10-12-14-16-18-20-22-24-26-28-30-32-34-36-37-38-39-40-41-42-43-44-46-47-49-51-53-55-57-59-61-63-65-67-69-71-73-80(85)90-77-79(78-91-83(82(87)88)89-76-75-84(3,4)5)92-81(86)74-72-70-68-66-64-62-60-58-56-54-52-50-48-45-35-33-31-29-27-25-23-21-19-17-15-13-11-9-7-2/h9,11,15,17,21,23,27,29,33,35,48,50,54,56,79,83H,6-8,10,12-14,16,18-20,22,24-26,28,30-32,34,36-47,49,51-53,55,57-78H2,1-5H3/p+1/b11-9-,17-15-,23-21-,29-27-,35-33-,50-48-,56-54-. The van der Waals surface area contributed by atoms with Crippen LogP contribution < -0.4 is 0 Å². The van der Waals surface area contributed by atoms with Crippen molar-refractivity contribution >= 4 is 17.9 Å². The number of carboxylic acid groups (broad SMARTS) is 1. The quantitative estimate of drug-likeness (QED) is 0.0211. The van der Waals surface area contributed by atoms with Gasteiger partial charge in [0.15, 0.2) is 6.10 Å². The van der Waals surface area contributed by atoms with Crippen LogP contribution in [0.2, 0.25) is 0 Å². The molecule has 0 saturated carbocycles. The first kappa shape index (κ1) is 88.5. The van der Waals surface area contributed by atoms with Crippen molar-refractivity contribution in [3.63, 3.8) is 0 Å². The Balaban J connectivity index is 4.02. The Morgan fingerprint density at radius 1 is 0.337 bits per heavy atom. The Morgan fingerprint density at radius 2 is 0.620 bits per heavy atom. The molecule has 0 aromatic carbocycles. The predicted molar refractivity (Wildman–Crippen MR) is 396 cm³/mol. The van der Waals surface area contributed by atoms with Crippen LogP contribution in [0.15, 0.2) is 85.1 Å². The van der Waals surface area contributed by atoms with Gasteiger partial charge in [-0.2, -0.15) is 0 Å². The molecule has 1 N–H and O–H groups in total. The predicted octanol–water partition coefficient (Wildman–Crippen LogP) is 25.0. The van der Waals surface area contributed by atoms with E-state index in [0.717, 1.165) is 89.9 Å². The first-order chi connectivity index (χ1) is 45.1. The fraction of sp³-hybridized carbons (Fsp3) is 0.795. The van der Waals surface area contributed by atoms with Gasteiger partial charge in [-0.1, -0.05) is 369 Å². The number of allylic oxidation sites excluding steroid dienone is 14. The third-order valence-corrected chi connectivity index (χ3v) is 17.4. The maximum Gasteiger partial charge on any atom is 0.361 e. The topological polar surface area (TPSA) is 108 Å². The van der Waals surface area contributed by atoms with Crippen molar-refractivity contribution in [1.82, 2.24) is 0 Å². The third kappa shape index (κ3) is 73.9. The Bertz CT molecular complexity index is 1790. The van der Waals surface area contributed by atoms with Gasteiger partial charge in [-0.25, -0.2) is 4.79 Å². The molecule has 0 aliphatic rings. The molecule has 9 nitrogen and oxygen atoms in total. The van der Waals surface area contributed by atoms with Crippen molar-refractivity contribution in [1.29, 1.82) is 0 Å². The molecule has 0 amide bonds. The van der Waals surface area contributed by atoms with Crippen molar-refractivity contribution in [2.45, 2.75) is 379 Å². The minimum Gasteiger partial charge on any atom is -0.477 e. The summed E-state index contributed by atoms with van der Waals surface area (Å²) < 4.78 is 23.0. The van der Waals surface area contributed by atoms with Gasteiger partial charge < -0.3 is 28.5 Å². The molecule has 0 aromatic heterocycles. The second-order valence-corrected chi connectivity index (χ2v) is 27.7. The van der Waals surface area contributed by atoms with Crippen LogP contribution in [0.3, 0.4) is 0 Å². The van der Waals surface area contributed by atoms with E-state index in [4.69, 9.17) is 18.9 Å². The number of esters is 2. The van der Waals surface area contributed by atoms with Crippen molar-refractivity contribution < 1.29 is 42.9 Å². The van der Waals surface area contributed by atoms with E-state index in [0.29, 0.717) is 23.9 Å². The van der Waals surface area contributed by atoms with Gasteiger partial charge in [-0.15, -0.1) is 0 Å². The molecule has 92 heavy (non-hydrogen) atoms. The number of nitrogens with zero attached hydrogens (tertiary/aromatic N) is 1. The normalized spacial score (nSPS) is 13.1. The number of rotatable bonds is 73. The lowest BCUT2D eigenvalue weighted by Gasteiger charge is -2.25. The summed E-state index contributed by atoms with van der Waals surface area (Å²) >= 11 is 0. The van der Waals surface area contributed by atoms with Gasteiger partial charge in [0.2, 0.25) is 0 Å². The van der Waals surface area contributed by atoms with Crippen LogP contribution in [0.5, 0.6) is 0 Å². The molecule has 0 bridgehead atoms. The van der Waals surface area contributed by atoms with E-state index in [1.165, 1.54) is 244 Å². The summed E-state index contributed by atoms with van der Waals surface area (Å²) in [7, 11) is 5.98. The fourth-order valence-electron chi connectivity index (χ4n) is 11.5. The van der Waals surface area contributed by atoms with Crippen LogP contribution in [-0.4, -0.2) is 87.4 Å². The highest BCUT2D eigenvalue weighted by molar-refractivity contribution is 5.71. The number of unbranched alkanes of at least 4 members (excludes halogenated alkanes) is 44. The number of quaternary nitrogens is 1. The number of aliphatic carboxylic acids is 1. The maximum atomic E-state index is 13.0. The summed E-state index contributed by atoms with van der Waals surface area (Å²) in [6.07, 6.45) is 97.4. The molecule has 0 radical (unpaired) electrons. The first-order valence-corrected chi connectivity index (χ1v) is 39.3. The number of likely N-dealkylation sites (N-methyl/N-ethyl adjacent to an activating group) is 1. The van der Waals surface area contributed by atoms with Gasteiger partial charge in [0.25, 0.3) is 6.29 Å². The highest BCUT2D eigenvalue weighted by Gasteiger charge is 2.25. The van der Waals surface area contributed by atoms with Gasteiger partial charge in [0, 0.05) is 12.8 Å². The van der Waals surface area contributed by atoms with Crippen LogP contribution in [0.4, 0.5) is 0 Å². The van der Waals surface area contributed by atoms with Gasteiger partial charge in [0.05, 0.1) is 34.4 Å². The van der Waals surface area contributed by atoms with Crippen LogP contribution in [-0.2, 0) is 33.3 Å². The summed E-state index contributed by atoms with van der Waals surface area (Å²) in [6, 6.07) is 0. The van der Waals surface area contributed by atoms with Crippen molar-refractivity contribution in [2.24, 2.45) is 0 Å². The fourth-order valence-corrected chi connectivity index (χ4v) is 11.5. The molecule has 0 heterocycles. The maximum absolute atomic E-state index is 13.0. The molecule has 2 atom stereocenters. The van der Waals surface area contributed by atoms with Gasteiger partial charge in [0.1, 0.15) is 13.2 Å². The van der Waals surface area contributed by atoms with E-state index < -0.39 is 24.3 Å². The second kappa shape index (κ2) is 73.3. The molecule has 534 valence electrons. The molecule has 9 heteroatoms. The van der Waals surface area contributed by atoms with Crippen LogP contribution in [0.1, 0.15) is 367 Å². The molecule has 0 spiro atoms. The zero-order chi connectivity index (χ0) is 66.8. The van der Waals surface area contributed by atoms with Crippen molar-refractivity contribution in [3.8, 4) is 0 Å². The average molecular weight is 1290 g/mol. The summed E-state index contributed by atoms with van der Waals surface area (Å²) in [5.74, 6) is -2.01. The largest absolute Gasteiger partial charge is 0.477 e. The van der Waals surface area contributed by atoms with Crippen LogP contribution >= 0.6 is 0 Å².